The maximum atomic E-state index is 13.8. The molecule has 1 aliphatic rings. The summed E-state index contributed by atoms with van der Waals surface area (Å²) < 4.78 is 27.6. The first kappa shape index (κ1) is 14.6. The predicted molar refractivity (Wildman–Crippen MR) is 81.2 cm³/mol. The molecule has 0 bridgehead atoms. The van der Waals surface area contributed by atoms with E-state index in [0.717, 1.165) is 18.1 Å². The molecule has 1 aliphatic heterocycles. The molecule has 2 nitrogen and oxygen atoms in total. The Morgan fingerprint density at radius 3 is 2.76 bits per heavy atom. The van der Waals surface area contributed by atoms with E-state index >= 15 is 0 Å². The van der Waals surface area contributed by atoms with E-state index in [2.05, 4.69) is 16.8 Å². The standard InChI is InChI=1S/C16H18F2N2S/c1-11-5-2-3-8-20(11)9-15-19-14(10-21-15)16-12(17)6-4-7-13(16)18/h4,6-7,10-11H,2-3,5,8-9H2,1H3. The van der Waals surface area contributed by atoms with Crippen molar-refractivity contribution in [1.82, 2.24) is 9.88 Å². The highest BCUT2D eigenvalue weighted by atomic mass is 32.1. The third-order valence-electron chi connectivity index (χ3n) is 4.05. The van der Waals surface area contributed by atoms with Crippen LogP contribution in [0.2, 0.25) is 0 Å². The number of hydrogen-bond acceptors (Lipinski definition) is 3. The number of nitrogens with zero attached hydrogens (tertiary/aromatic N) is 2. The minimum atomic E-state index is -0.557. The monoisotopic (exact) mass is 308 g/mol. The first-order valence-electron chi connectivity index (χ1n) is 7.28. The molecule has 21 heavy (non-hydrogen) atoms. The van der Waals surface area contributed by atoms with Crippen molar-refractivity contribution in [2.75, 3.05) is 6.54 Å². The van der Waals surface area contributed by atoms with Crippen LogP contribution >= 0.6 is 11.3 Å². The van der Waals surface area contributed by atoms with Crippen molar-refractivity contribution < 1.29 is 8.78 Å². The molecule has 0 radical (unpaired) electrons. The van der Waals surface area contributed by atoms with Gasteiger partial charge in [-0.3, -0.25) is 4.90 Å². The molecule has 0 spiro atoms. The van der Waals surface area contributed by atoms with Crippen molar-refractivity contribution in [3.05, 3.63) is 40.2 Å². The van der Waals surface area contributed by atoms with E-state index < -0.39 is 11.6 Å². The quantitative estimate of drug-likeness (QED) is 0.832. The molecule has 0 amide bonds. The number of piperidine rings is 1. The second kappa shape index (κ2) is 6.20. The molecule has 0 aliphatic carbocycles. The van der Waals surface area contributed by atoms with Gasteiger partial charge in [0, 0.05) is 11.4 Å². The molecule has 3 rings (SSSR count). The summed E-state index contributed by atoms with van der Waals surface area (Å²) >= 11 is 1.47. The Morgan fingerprint density at radius 2 is 2.05 bits per heavy atom. The maximum Gasteiger partial charge on any atom is 0.135 e. The van der Waals surface area contributed by atoms with Gasteiger partial charge in [0.2, 0.25) is 0 Å². The van der Waals surface area contributed by atoms with Crippen molar-refractivity contribution in [1.29, 1.82) is 0 Å². The summed E-state index contributed by atoms with van der Waals surface area (Å²) in [4.78, 5) is 6.82. The van der Waals surface area contributed by atoms with Crippen LogP contribution in [-0.4, -0.2) is 22.5 Å². The van der Waals surface area contributed by atoms with Gasteiger partial charge in [-0.15, -0.1) is 11.3 Å². The summed E-state index contributed by atoms with van der Waals surface area (Å²) in [6.45, 7) is 4.07. The van der Waals surface area contributed by atoms with Gasteiger partial charge in [0.25, 0.3) is 0 Å². The third-order valence-corrected chi connectivity index (χ3v) is 4.88. The highest BCUT2D eigenvalue weighted by Crippen LogP contribution is 2.28. The molecule has 112 valence electrons. The van der Waals surface area contributed by atoms with Crippen LogP contribution in [0.3, 0.4) is 0 Å². The van der Waals surface area contributed by atoms with Crippen LogP contribution in [-0.2, 0) is 6.54 Å². The normalized spacial score (nSPS) is 19.9. The maximum absolute atomic E-state index is 13.8. The molecule has 1 atom stereocenters. The van der Waals surface area contributed by atoms with E-state index in [0.29, 0.717) is 11.7 Å². The second-order valence-electron chi connectivity index (χ2n) is 5.54. The van der Waals surface area contributed by atoms with Crippen LogP contribution in [0.4, 0.5) is 8.78 Å². The van der Waals surface area contributed by atoms with Crippen LogP contribution in [0, 0.1) is 11.6 Å². The van der Waals surface area contributed by atoms with Crippen molar-refractivity contribution in [2.45, 2.75) is 38.8 Å². The Morgan fingerprint density at radius 1 is 1.29 bits per heavy atom. The van der Waals surface area contributed by atoms with Gasteiger partial charge in [-0.1, -0.05) is 12.5 Å². The molecule has 1 aromatic carbocycles. The molecule has 1 unspecified atom stereocenters. The van der Waals surface area contributed by atoms with E-state index in [1.807, 2.05) is 0 Å². The Balaban J connectivity index is 1.80. The topological polar surface area (TPSA) is 16.1 Å². The van der Waals surface area contributed by atoms with Crippen LogP contribution < -0.4 is 0 Å². The SMILES string of the molecule is CC1CCCCN1Cc1nc(-c2c(F)cccc2F)cs1. The van der Waals surface area contributed by atoms with E-state index in [9.17, 15) is 8.78 Å². The Hall–Kier alpha value is -1.33. The zero-order valence-corrected chi connectivity index (χ0v) is 12.8. The smallest absolute Gasteiger partial charge is 0.135 e. The molecular weight excluding hydrogens is 290 g/mol. The molecule has 2 aromatic rings. The van der Waals surface area contributed by atoms with Gasteiger partial charge in [-0.25, -0.2) is 13.8 Å². The molecule has 0 N–H and O–H groups in total. The number of hydrogen-bond donors (Lipinski definition) is 0. The number of thiazole rings is 1. The molecule has 2 heterocycles. The van der Waals surface area contributed by atoms with Crippen LogP contribution in [0.15, 0.2) is 23.6 Å². The molecule has 0 saturated carbocycles. The summed E-state index contributed by atoms with van der Waals surface area (Å²) in [5.41, 5.74) is 0.377. The Labute approximate surface area is 127 Å². The molecule has 1 saturated heterocycles. The number of rotatable bonds is 3. The van der Waals surface area contributed by atoms with Gasteiger partial charge in [-0.2, -0.15) is 0 Å². The number of halogens is 2. The zero-order chi connectivity index (χ0) is 14.8. The van der Waals surface area contributed by atoms with Crippen molar-refractivity contribution >= 4 is 11.3 Å². The van der Waals surface area contributed by atoms with Gasteiger partial charge in [0.15, 0.2) is 0 Å². The van der Waals surface area contributed by atoms with Gasteiger partial charge in [0.1, 0.15) is 16.6 Å². The molecule has 5 heteroatoms. The summed E-state index contributed by atoms with van der Waals surface area (Å²) in [6.07, 6.45) is 3.70. The summed E-state index contributed by atoms with van der Waals surface area (Å²) in [6, 6.07) is 4.46. The van der Waals surface area contributed by atoms with Crippen molar-refractivity contribution in [2.24, 2.45) is 0 Å². The highest BCUT2D eigenvalue weighted by Gasteiger charge is 2.20. The van der Waals surface area contributed by atoms with Crippen LogP contribution in [0.25, 0.3) is 11.3 Å². The second-order valence-corrected chi connectivity index (χ2v) is 6.48. The van der Waals surface area contributed by atoms with E-state index in [4.69, 9.17) is 0 Å². The third kappa shape index (κ3) is 3.14. The lowest BCUT2D eigenvalue weighted by molar-refractivity contribution is 0.152. The van der Waals surface area contributed by atoms with Crippen LogP contribution in [0.5, 0.6) is 0 Å². The Kier molecular flexibility index (Phi) is 4.31. The lowest BCUT2D eigenvalue weighted by atomic mass is 10.0. The van der Waals surface area contributed by atoms with E-state index in [-0.39, 0.29) is 5.56 Å². The number of likely N-dealkylation sites (tertiary alicyclic amines) is 1. The fourth-order valence-electron chi connectivity index (χ4n) is 2.81. The molecular formula is C16H18F2N2S. The highest BCUT2D eigenvalue weighted by molar-refractivity contribution is 7.09. The van der Waals surface area contributed by atoms with Gasteiger partial charge in [0.05, 0.1) is 17.8 Å². The number of benzene rings is 1. The van der Waals surface area contributed by atoms with Crippen molar-refractivity contribution in [3.63, 3.8) is 0 Å². The lowest BCUT2D eigenvalue weighted by Gasteiger charge is -2.32. The number of aromatic nitrogens is 1. The predicted octanol–water partition coefficient (Wildman–Crippen LogP) is 4.46. The minimum Gasteiger partial charge on any atom is -0.294 e. The minimum absolute atomic E-state index is 0.0216. The lowest BCUT2D eigenvalue weighted by Crippen LogP contribution is -2.36. The first-order chi connectivity index (χ1) is 10.1. The molecule has 1 aromatic heterocycles. The average Bonchev–Trinajstić information content (AvgIpc) is 2.89. The van der Waals surface area contributed by atoms with E-state index in [1.54, 1.807) is 5.38 Å². The fourth-order valence-corrected chi connectivity index (χ4v) is 3.62. The van der Waals surface area contributed by atoms with Crippen LogP contribution in [0.1, 0.15) is 31.2 Å². The van der Waals surface area contributed by atoms with Gasteiger partial charge < -0.3 is 0 Å². The van der Waals surface area contributed by atoms with Gasteiger partial charge >= 0.3 is 0 Å². The largest absolute Gasteiger partial charge is 0.294 e. The average molecular weight is 308 g/mol. The fraction of sp³-hybridized carbons (Fsp3) is 0.438. The van der Waals surface area contributed by atoms with Gasteiger partial charge in [-0.05, 0) is 38.4 Å². The van der Waals surface area contributed by atoms with E-state index in [1.165, 1.54) is 48.8 Å². The first-order valence-corrected chi connectivity index (χ1v) is 8.16. The summed E-state index contributed by atoms with van der Waals surface area (Å²) in [5, 5.41) is 2.66. The summed E-state index contributed by atoms with van der Waals surface area (Å²) in [7, 11) is 0. The summed E-state index contributed by atoms with van der Waals surface area (Å²) in [5.74, 6) is -1.11. The van der Waals surface area contributed by atoms with Crippen molar-refractivity contribution in [3.8, 4) is 11.3 Å². The Bertz CT molecular complexity index is 606. The molecule has 1 fully saturated rings. The zero-order valence-electron chi connectivity index (χ0n) is 12.0.